The van der Waals surface area contributed by atoms with Gasteiger partial charge in [0.25, 0.3) is 10.0 Å². The SMILES string of the molecule is Cc1cnc(NS(=O)(=O)c2cc(CNC(C)C)oc2Br)s1. The van der Waals surface area contributed by atoms with E-state index in [1.165, 1.54) is 17.4 Å². The lowest BCUT2D eigenvalue weighted by Crippen LogP contribution is -2.21. The molecule has 2 aromatic heterocycles. The van der Waals surface area contributed by atoms with Crippen LogP contribution in [0, 0.1) is 6.92 Å². The van der Waals surface area contributed by atoms with Gasteiger partial charge in [-0.25, -0.2) is 13.4 Å². The van der Waals surface area contributed by atoms with Gasteiger partial charge in [-0.1, -0.05) is 13.8 Å². The maximum Gasteiger partial charge on any atom is 0.268 e. The fourth-order valence-electron chi connectivity index (χ4n) is 1.54. The number of halogens is 1. The highest BCUT2D eigenvalue weighted by atomic mass is 79.9. The fourth-order valence-corrected chi connectivity index (χ4v) is 4.45. The van der Waals surface area contributed by atoms with Crippen LogP contribution in [0.3, 0.4) is 0 Å². The fraction of sp³-hybridized carbons (Fsp3) is 0.417. The van der Waals surface area contributed by atoms with Gasteiger partial charge in [0.1, 0.15) is 10.7 Å². The monoisotopic (exact) mass is 393 g/mol. The summed E-state index contributed by atoms with van der Waals surface area (Å²) in [4.78, 5) is 4.99. The Hall–Kier alpha value is -0.900. The van der Waals surface area contributed by atoms with Crippen LogP contribution in [-0.4, -0.2) is 19.4 Å². The number of thiazole rings is 1. The molecule has 0 radical (unpaired) electrons. The average molecular weight is 394 g/mol. The second-order valence-corrected chi connectivity index (χ2v) is 8.37. The summed E-state index contributed by atoms with van der Waals surface area (Å²) < 4.78 is 32.7. The number of aryl methyl sites for hydroxylation is 1. The summed E-state index contributed by atoms with van der Waals surface area (Å²) in [5.74, 6) is 0.547. The number of hydrogen-bond acceptors (Lipinski definition) is 6. The molecule has 2 rings (SSSR count). The van der Waals surface area contributed by atoms with E-state index in [-0.39, 0.29) is 15.6 Å². The molecule has 2 N–H and O–H groups in total. The van der Waals surface area contributed by atoms with E-state index in [1.807, 2.05) is 20.8 Å². The minimum absolute atomic E-state index is 0.0657. The number of sulfonamides is 1. The maximum absolute atomic E-state index is 12.3. The highest BCUT2D eigenvalue weighted by Crippen LogP contribution is 2.29. The quantitative estimate of drug-likeness (QED) is 0.787. The van der Waals surface area contributed by atoms with Crippen molar-refractivity contribution in [3.8, 4) is 0 Å². The molecule has 0 saturated carbocycles. The van der Waals surface area contributed by atoms with Crippen molar-refractivity contribution in [2.24, 2.45) is 0 Å². The third kappa shape index (κ3) is 4.29. The molecular formula is C12H16BrN3O3S2. The van der Waals surface area contributed by atoms with E-state index in [1.54, 1.807) is 6.20 Å². The van der Waals surface area contributed by atoms with Crippen LogP contribution < -0.4 is 10.0 Å². The highest BCUT2D eigenvalue weighted by Gasteiger charge is 2.23. The lowest BCUT2D eigenvalue weighted by molar-refractivity contribution is 0.447. The van der Waals surface area contributed by atoms with E-state index in [0.29, 0.717) is 17.4 Å². The van der Waals surface area contributed by atoms with Crippen molar-refractivity contribution in [1.82, 2.24) is 10.3 Å². The summed E-state index contributed by atoms with van der Waals surface area (Å²) >= 11 is 4.42. The molecule has 2 heterocycles. The van der Waals surface area contributed by atoms with Crippen LogP contribution >= 0.6 is 27.3 Å². The number of rotatable bonds is 6. The predicted molar refractivity (Wildman–Crippen MR) is 86.0 cm³/mol. The number of furan rings is 1. The van der Waals surface area contributed by atoms with Crippen molar-refractivity contribution < 1.29 is 12.8 Å². The Morgan fingerprint density at radius 2 is 2.19 bits per heavy atom. The van der Waals surface area contributed by atoms with E-state index in [2.05, 4.69) is 31.0 Å². The van der Waals surface area contributed by atoms with Crippen molar-refractivity contribution in [2.75, 3.05) is 4.72 Å². The molecule has 0 aliphatic rings. The number of aromatic nitrogens is 1. The van der Waals surface area contributed by atoms with Crippen LogP contribution in [0.1, 0.15) is 24.5 Å². The van der Waals surface area contributed by atoms with Gasteiger partial charge in [0.15, 0.2) is 9.80 Å². The molecule has 0 amide bonds. The Morgan fingerprint density at radius 1 is 1.48 bits per heavy atom. The van der Waals surface area contributed by atoms with E-state index < -0.39 is 10.0 Å². The molecule has 9 heteroatoms. The van der Waals surface area contributed by atoms with Crippen LogP contribution in [-0.2, 0) is 16.6 Å². The molecule has 21 heavy (non-hydrogen) atoms. The zero-order valence-corrected chi connectivity index (χ0v) is 15.0. The molecule has 0 bridgehead atoms. The van der Waals surface area contributed by atoms with Crippen molar-refractivity contribution in [2.45, 2.75) is 38.3 Å². The number of hydrogen-bond donors (Lipinski definition) is 2. The van der Waals surface area contributed by atoms with Crippen LogP contribution in [0.25, 0.3) is 0 Å². The number of nitrogens with zero attached hydrogens (tertiary/aromatic N) is 1. The van der Waals surface area contributed by atoms with Crippen LogP contribution in [0.4, 0.5) is 5.13 Å². The maximum atomic E-state index is 12.3. The summed E-state index contributed by atoms with van der Waals surface area (Å²) in [7, 11) is -3.72. The lowest BCUT2D eigenvalue weighted by Gasteiger charge is -2.04. The van der Waals surface area contributed by atoms with Crippen molar-refractivity contribution in [3.63, 3.8) is 0 Å². The minimum Gasteiger partial charge on any atom is -0.451 e. The van der Waals surface area contributed by atoms with Crippen molar-refractivity contribution in [1.29, 1.82) is 0 Å². The Bertz CT molecular complexity index is 722. The zero-order chi connectivity index (χ0) is 15.6. The van der Waals surface area contributed by atoms with E-state index >= 15 is 0 Å². The normalized spacial score (nSPS) is 12.0. The first-order valence-electron chi connectivity index (χ1n) is 6.25. The smallest absolute Gasteiger partial charge is 0.268 e. The third-order valence-corrected chi connectivity index (χ3v) is 5.68. The van der Waals surface area contributed by atoms with Gasteiger partial charge in [-0.2, -0.15) is 0 Å². The van der Waals surface area contributed by atoms with Gasteiger partial charge in [-0.05, 0) is 22.9 Å². The molecular weight excluding hydrogens is 378 g/mol. The van der Waals surface area contributed by atoms with E-state index in [4.69, 9.17) is 4.42 Å². The van der Waals surface area contributed by atoms with Crippen LogP contribution in [0.2, 0.25) is 0 Å². The highest BCUT2D eigenvalue weighted by molar-refractivity contribution is 9.10. The van der Waals surface area contributed by atoms with E-state index in [0.717, 1.165) is 4.88 Å². The Morgan fingerprint density at radius 3 is 2.76 bits per heavy atom. The van der Waals surface area contributed by atoms with Crippen LogP contribution in [0.15, 0.2) is 26.2 Å². The summed E-state index contributed by atoms with van der Waals surface area (Å²) in [6.07, 6.45) is 1.62. The molecule has 6 nitrogen and oxygen atoms in total. The largest absolute Gasteiger partial charge is 0.451 e. The summed E-state index contributed by atoms with van der Waals surface area (Å²) in [5, 5.41) is 3.50. The van der Waals surface area contributed by atoms with Gasteiger partial charge in [-0.15, -0.1) is 11.3 Å². The average Bonchev–Trinajstić information content (AvgIpc) is 2.93. The molecule has 0 aliphatic carbocycles. The lowest BCUT2D eigenvalue weighted by atomic mass is 10.3. The van der Waals surface area contributed by atoms with Crippen LogP contribution in [0.5, 0.6) is 0 Å². The molecule has 116 valence electrons. The van der Waals surface area contributed by atoms with Gasteiger partial charge in [0.05, 0.1) is 6.54 Å². The first kappa shape index (κ1) is 16.5. The third-order valence-electron chi connectivity index (χ3n) is 2.52. The first-order chi connectivity index (χ1) is 9.78. The molecule has 0 fully saturated rings. The summed E-state index contributed by atoms with van der Waals surface area (Å²) in [5.41, 5.74) is 0. The van der Waals surface area contributed by atoms with Crippen molar-refractivity contribution in [3.05, 3.63) is 27.6 Å². The summed E-state index contributed by atoms with van der Waals surface area (Å²) in [6, 6.07) is 1.78. The van der Waals surface area contributed by atoms with Gasteiger partial charge >= 0.3 is 0 Å². The topological polar surface area (TPSA) is 84.2 Å². The predicted octanol–water partition coefficient (Wildman–Crippen LogP) is 3.11. The molecule has 0 atom stereocenters. The Balaban J connectivity index is 2.19. The van der Waals surface area contributed by atoms with Gasteiger partial charge < -0.3 is 9.73 Å². The second kappa shape index (κ2) is 6.47. The molecule has 0 aliphatic heterocycles. The van der Waals surface area contributed by atoms with Gasteiger partial charge in [0.2, 0.25) is 0 Å². The van der Waals surface area contributed by atoms with Crippen molar-refractivity contribution >= 4 is 42.4 Å². The summed E-state index contributed by atoms with van der Waals surface area (Å²) in [6.45, 7) is 6.32. The molecule has 0 spiro atoms. The zero-order valence-electron chi connectivity index (χ0n) is 11.8. The van der Waals surface area contributed by atoms with Gasteiger partial charge in [0, 0.05) is 23.2 Å². The first-order valence-corrected chi connectivity index (χ1v) is 9.34. The van der Waals surface area contributed by atoms with Gasteiger partial charge in [-0.3, -0.25) is 4.72 Å². The second-order valence-electron chi connectivity index (χ2n) is 4.77. The standard InChI is InChI=1S/C12H16BrN3O3S2/c1-7(2)14-6-9-4-10(11(13)19-9)21(17,18)16-12-15-5-8(3)20-12/h4-5,7,14H,6H2,1-3H3,(H,15,16). The minimum atomic E-state index is -3.72. The number of nitrogens with one attached hydrogen (secondary N) is 2. The Labute approximate surface area is 136 Å². The molecule has 0 saturated heterocycles. The molecule has 2 aromatic rings. The molecule has 0 aromatic carbocycles. The Kier molecular flexibility index (Phi) is 5.07. The number of anilines is 1. The van der Waals surface area contributed by atoms with E-state index in [9.17, 15) is 8.42 Å². The molecule has 0 unspecified atom stereocenters.